The molecule has 0 radical (unpaired) electrons. The van der Waals surface area contributed by atoms with Gasteiger partial charge in [0.1, 0.15) is 6.42 Å². The smallest absolute Gasteiger partial charge is 0.197 e. The molecule has 0 bridgehead atoms. The molecule has 0 aliphatic rings. The highest BCUT2D eigenvalue weighted by Crippen LogP contribution is 1.99. The molecule has 0 unspecified atom stereocenters. The number of benzene rings is 1. The standard InChI is InChI=1S/C8H7N2O/c9-10-8(11)6-7-4-2-1-3-5-7/h1-5H,6H2/q+1. The number of carbonyl (C=O) groups excluding carboxylic acids is 1. The number of carbonyl (C=O) groups is 1. The number of diazo groups is 1. The van der Waals surface area contributed by atoms with Crippen molar-refractivity contribution < 1.29 is 4.79 Å². The molecule has 1 aromatic carbocycles. The zero-order valence-corrected chi connectivity index (χ0v) is 5.90. The van der Waals surface area contributed by atoms with E-state index in [0.29, 0.717) is 0 Å². The van der Waals surface area contributed by atoms with Crippen LogP contribution in [0.15, 0.2) is 30.3 Å². The summed E-state index contributed by atoms with van der Waals surface area (Å²) in [4.78, 5) is 13.1. The third-order valence-corrected chi connectivity index (χ3v) is 1.31. The topological polar surface area (TPSA) is 45.2 Å². The maximum absolute atomic E-state index is 10.6. The van der Waals surface area contributed by atoms with Crippen molar-refractivity contribution in [1.82, 2.24) is 0 Å². The quantitative estimate of drug-likeness (QED) is 0.596. The second kappa shape index (κ2) is 3.47. The second-order valence-electron chi connectivity index (χ2n) is 2.16. The fourth-order valence-corrected chi connectivity index (χ4v) is 0.806. The largest absolute Gasteiger partial charge is 0.564 e. The number of nitrogens with zero attached hydrogens (tertiary/aromatic N) is 2. The predicted octanol–water partition coefficient (Wildman–Crippen LogP) is 1.61. The summed E-state index contributed by atoms with van der Waals surface area (Å²) in [5, 5.41) is 8.07. The molecule has 0 heterocycles. The Balaban J connectivity index is 2.67. The Bertz CT molecular complexity index is 287. The third-order valence-electron chi connectivity index (χ3n) is 1.31. The molecular formula is C8H7N2O+. The van der Waals surface area contributed by atoms with Gasteiger partial charge in [0.15, 0.2) is 0 Å². The van der Waals surface area contributed by atoms with Crippen molar-refractivity contribution in [1.29, 1.82) is 5.39 Å². The van der Waals surface area contributed by atoms with Crippen LogP contribution in [0.5, 0.6) is 0 Å². The van der Waals surface area contributed by atoms with Gasteiger partial charge in [0, 0.05) is 0 Å². The normalized spacial score (nSPS) is 8.64. The third kappa shape index (κ3) is 2.18. The van der Waals surface area contributed by atoms with E-state index in [-0.39, 0.29) is 6.42 Å². The minimum Gasteiger partial charge on any atom is -0.197 e. The molecule has 0 aliphatic carbocycles. The Morgan fingerprint density at radius 1 is 1.36 bits per heavy atom. The fraction of sp³-hybridized carbons (Fsp3) is 0.125. The lowest BCUT2D eigenvalue weighted by atomic mass is 10.1. The lowest BCUT2D eigenvalue weighted by molar-refractivity contribution is -0.114. The van der Waals surface area contributed by atoms with Crippen LogP contribution < -0.4 is 0 Å². The molecule has 54 valence electrons. The molecule has 3 heteroatoms. The van der Waals surface area contributed by atoms with Crippen molar-refractivity contribution in [3.05, 3.63) is 40.9 Å². The number of hydrogen-bond donors (Lipinski definition) is 0. The van der Waals surface area contributed by atoms with Crippen molar-refractivity contribution >= 4 is 5.91 Å². The Kier molecular flexibility index (Phi) is 2.34. The van der Waals surface area contributed by atoms with Crippen LogP contribution in [-0.2, 0) is 11.2 Å². The Morgan fingerprint density at radius 3 is 2.55 bits per heavy atom. The minimum atomic E-state index is -0.517. The van der Waals surface area contributed by atoms with Gasteiger partial charge in [-0.25, -0.2) is 0 Å². The summed E-state index contributed by atoms with van der Waals surface area (Å²) in [6.45, 7) is 0. The summed E-state index contributed by atoms with van der Waals surface area (Å²) >= 11 is 0. The zero-order valence-electron chi connectivity index (χ0n) is 5.90. The van der Waals surface area contributed by atoms with E-state index >= 15 is 0 Å². The molecule has 1 rings (SSSR count). The van der Waals surface area contributed by atoms with Gasteiger partial charge in [-0.3, -0.25) is 0 Å². The maximum Gasteiger partial charge on any atom is 0.564 e. The van der Waals surface area contributed by atoms with Gasteiger partial charge in [-0.15, -0.1) is 0 Å². The maximum atomic E-state index is 10.6. The lowest BCUT2D eigenvalue weighted by Crippen LogP contribution is -1.94. The van der Waals surface area contributed by atoms with Crippen LogP contribution in [0.2, 0.25) is 0 Å². The molecule has 11 heavy (non-hydrogen) atoms. The molecule has 1 aromatic rings. The van der Waals surface area contributed by atoms with Crippen LogP contribution in [0.1, 0.15) is 5.56 Å². The fourth-order valence-electron chi connectivity index (χ4n) is 0.806. The highest BCUT2D eigenvalue weighted by molar-refractivity contribution is 5.86. The van der Waals surface area contributed by atoms with Crippen LogP contribution in [0, 0.1) is 5.39 Å². The van der Waals surface area contributed by atoms with Crippen LogP contribution in [0.25, 0.3) is 4.98 Å². The Hall–Kier alpha value is -1.69. The lowest BCUT2D eigenvalue weighted by Gasteiger charge is -1.87. The van der Waals surface area contributed by atoms with Gasteiger partial charge >= 0.3 is 5.91 Å². The van der Waals surface area contributed by atoms with Gasteiger partial charge in [0.05, 0.1) is 0 Å². The van der Waals surface area contributed by atoms with Gasteiger partial charge in [-0.05, 0) is 5.56 Å². The first-order valence-corrected chi connectivity index (χ1v) is 3.25. The number of rotatable bonds is 2. The first kappa shape index (κ1) is 7.42. The Labute approximate surface area is 64.3 Å². The van der Waals surface area contributed by atoms with Crippen molar-refractivity contribution in [2.75, 3.05) is 0 Å². The Morgan fingerprint density at radius 2 is 2.00 bits per heavy atom. The van der Waals surface area contributed by atoms with Crippen LogP contribution in [0.4, 0.5) is 0 Å². The zero-order chi connectivity index (χ0) is 8.10. The van der Waals surface area contributed by atoms with E-state index in [4.69, 9.17) is 5.39 Å². The molecule has 3 nitrogen and oxygen atoms in total. The summed E-state index contributed by atoms with van der Waals surface area (Å²) in [7, 11) is 0. The van der Waals surface area contributed by atoms with E-state index < -0.39 is 5.91 Å². The highest BCUT2D eigenvalue weighted by atomic mass is 16.1. The average molecular weight is 147 g/mol. The summed E-state index contributed by atoms with van der Waals surface area (Å²) in [5.41, 5.74) is 0.857. The summed E-state index contributed by atoms with van der Waals surface area (Å²) in [6, 6.07) is 9.15. The number of hydrogen-bond acceptors (Lipinski definition) is 2. The molecule has 0 spiro atoms. The van der Waals surface area contributed by atoms with E-state index in [1.165, 1.54) is 0 Å². The van der Waals surface area contributed by atoms with Gasteiger partial charge in [-0.2, -0.15) is 4.79 Å². The molecule has 0 saturated carbocycles. The highest BCUT2D eigenvalue weighted by Gasteiger charge is 2.13. The van der Waals surface area contributed by atoms with E-state index in [9.17, 15) is 4.79 Å². The van der Waals surface area contributed by atoms with E-state index in [2.05, 4.69) is 4.98 Å². The van der Waals surface area contributed by atoms with Crippen LogP contribution >= 0.6 is 0 Å². The SMILES string of the molecule is N#[N+]C(=O)Cc1ccccc1. The van der Waals surface area contributed by atoms with Gasteiger partial charge in [0.2, 0.25) is 10.4 Å². The monoisotopic (exact) mass is 147 g/mol. The van der Waals surface area contributed by atoms with E-state index in [1.54, 1.807) is 0 Å². The number of amides is 1. The molecule has 0 saturated heterocycles. The van der Waals surface area contributed by atoms with Gasteiger partial charge < -0.3 is 0 Å². The summed E-state index contributed by atoms with van der Waals surface area (Å²) < 4.78 is 0. The van der Waals surface area contributed by atoms with Crippen molar-refractivity contribution in [2.24, 2.45) is 0 Å². The summed E-state index contributed by atoms with van der Waals surface area (Å²) in [5.74, 6) is -0.517. The summed E-state index contributed by atoms with van der Waals surface area (Å²) in [6.07, 6.45) is 0.164. The van der Waals surface area contributed by atoms with Crippen molar-refractivity contribution in [3.63, 3.8) is 0 Å². The molecule has 0 fully saturated rings. The molecule has 1 amide bonds. The molecule has 0 aromatic heterocycles. The van der Waals surface area contributed by atoms with E-state index in [1.807, 2.05) is 30.3 Å². The minimum absolute atomic E-state index is 0.164. The van der Waals surface area contributed by atoms with Crippen LogP contribution in [-0.4, -0.2) is 5.91 Å². The van der Waals surface area contributed by atoms with E-state index in [0.717, 1.165) is 5.56 Å². The first-order chi connectivity index (χ1) is 5.33. The first-order valence-electron chi connectivity index (χ1n) is 3.25. The molecular weight excluding hydrogens is 140 g/mol. The second-order valence-corrected chi connectivity index (χ2v) is 2.16. The molecule has 0 N–H and O–H groups in total. The predicted molar refractivity (Wildman–Crippen MR) is 40.2 cm³/mol. The molecule has 0 aliphatic heterocycles. The van der Waals surface area contributed by atoms with Gasteiger partial charge in [-0.1, -0.05) is 30.3 Å². The van der Waals surface area contributed by atoms with Crippen molar-refractivity contribution in [2.45, 2.75) is 6.42 Å². The van der Waals surface area contributed by atoms with Crippen LogP contribution in [0.3, 0.4) is 0 Å². The van der Waals surface area contributed by atoms with Crippen molar-refractivity contribution in [3.8, 4) is 0 Å². The van der Waals surface area contributed by atoms with Gasteiger partial charge in [0.25, 0.3) is 0 Å². The molecule has 0 atom stereocenters. The average Bonchev–Trinajstić information content (AvgIpc) is 2.06.